The second-order valence-electron chi connectivity index (χ2n) is 5.51. The third-order valence-electron chi connectivity index (χ3n) is 3.66. The first-order chi connectivity index (χ1) is 10.5. The molecule has 0 fully saturated rings. The number of pyridine rings is 1. The average molecular weight is 298 g/mol. The standard InChI is InChI=1S/C17H15FN2O2/c1-9(2)16-13(8-21)15(11-4-6-12(18)7-5-11)14-10(3)20-22-17(14)19-16/h4-9H,1-3H3. The third kappa shape index (κ3) is 2.19. The molecule has 0 unspecified atom stereocenters. The minimum absolute atomic E-state index is 0.0502. The van der Waals surface area contributed by atoms with Gasteiger partial charge in [-0.25, -0.2) is 9.37 Å². The summed E-state index contributed by atoms with van der Waals surface area (Å²) in [5.74, 6) is -0.276. The van der Waals surface area contributed by atoms with Crippen molar-refractivity contribution in [2.75, 3.05) is 0 Å². The van der Waals surface area contributed by atoms with Crippen LogP contribution < -0.4 is 0 Å². The number of benzene rings is 1. The van der Waals surface area contributed by atoms with Crippen LogP contribution >= 0.6 is 0 Å². The van der Waals surface area contributed by atoms with E-state index >= 15 is 0 Å². The van der Waals surface area contributed by atoms with Gasteiger partial charge in [0.05, 0.1) is 16.8 Å². The fourth-order valence-corrected chi connectivity index (χ4v) is 2.63. The van der Waals surface area contributed by atoms with Crippen molar-refractivity contribution in [3.8, 4) is 11.1 Å². The van der Waals surface area contributed by atoms with E-state index < -0.39 is 0 Å². The molecule has 3 rings (SSSR count). The molecule has 0 amide bonds. The van der Waals surface area contributed by atoms with Crippen LogP contribution in [0.15, 0.2) is 28.8 Å². The van der Waals surface area contributed by atoms with E-state index in [-0.39, 0.29) is 11.7 Å². The van der Waals surface area contributed by atoms with Crippen LogP contribution in [0.3, 0.4) is 0 Å². The third-order valence-corrected chi connectivity index (χ3v) is 3.66. The average Bonchev–Trinajstić information content (AvgIpc) is 2.87. The molecule has 0 N–H and O–H groups in total. The Morgan fingerprint density at radius 2 is 1.91 bits per heavy atom. The smallest absolute Gasteiger partial charge is 0.258 e. The van der Waals surface area contributed by atoms with Crippen LogP contribution in [0.2, 0.25) is 0 Å². The second kappa shape index (κ2) is 5.33. The molecule has 22 heavy (non-hydrogen) atoms. The predicted molar refractivity (Wildman–Crippen MR) is 81.4 cm³/mol. The SMILES string of the molecule is Cc1noc2nc(C(C)C)c(C=O)c(-c3ccc(F)cc3)c12. The number of nitrogens with zero attached hydrogens (tertiary/aromatic N) is 2. The van der Waals surface area contributed by atoms with Crippen molar-refractivity contribution in [2.24, 2.45) is 0 Å². The monoisotopic (exact) mass is 298 g/mol. The molecule has 0 saturated carbocycles. The van der Waals surface area contributed by atoms with Crippen molar-refractivity contribution in [2.45, 2.75) is 26.7 Å². The molecule has 0 atom stereocenters. The molecule has 0 aliphatic heterocycles. The molecule has 112 valence electrons. The van der Waals surface area contributed by atoms with Crippen LogP contribution in [0.4, 0.5) is 4.39 Å². The number of aromatic nitrogens is 2. The number of carbonyl (C=O) groups excluding carboxylic acids is 1. The lowest BCUT2D eigenvalue weighted by molar-refractivity contribution is 0.112. The predicted octanol–water partition coefficient (Wildman–Crippen LogP) is 4.27. The highest BCUT2D eigenvalue weighted by Gasteiger charge is 2.22. The first kappa shape index (κ1) is 14.4. The van der Waals surface area contributed by atoms with Gasteiger partial charge < -0.3 is 4.52 Å². The minimum Gasteiger partial charge on any atom is -0.336 e. The zero-order valence-corrected chi connectivity index (χ0v) is 12.6. The lowest BCUT2D eigenvalue weighted by atomic mass is 9.92. The van der Waals surface area contributed by atoms with Crippen LogP contribution in [0, 0.1) is 12.7 Å². The molecule has 3 aromatic rings. The van der Waals surface area contributed by atoms with Gasteiger partial charge in [0.1, 0.15) is 5.82 Å². The van der Waals surface area contributed by atoms with Gasteiger partial charge in [-0.3, -0.25) is 4.79 Å². The summed E-state index contributed by atoms with van der Waals surface area (Å²) in [7, 11) is 0. The summed E-state index contributed by atoms with van der Waals surface area (Å²) in [5, 5.41) is 4.64. The molecule has 0 spiro atoms. The van der Waals surface area contributed by atoms with E-state index in [9.17, 15) is 9.18 Å². The van der Waals surface area contributed by atoms with Gasteiger partial charge in [0.15, 0.2) is 6.29 Å². The Balaban J connectivity index is 2.45. The summed E-state index contributed by atoms with van der Waals surface area (Å²) in [4.78, 5) is 16.1. The fraction of sp³-hybridized carbons (Fsp3) is 0.235. The van der Waals surface area contributed by atoms with Gasteiger partial charge >= 0.3 is 0 Å². The molecule has 0 saturated heterocycles. The van der Waals surface area contributed by atoms with Crippen LogP contribution in [-0.2, 0) is 0 Å². The van der Waals surface area contributed by atoms with Gasteiger partial charge in [-0.15, -0.1) is 0 Å². The van der Waals surface area contributed by atoms with Gasteiger partial charge in [0.25, 0.3) is 5.71 Å². The summed E-state index contributed by atoms with van der Waals surface area (Å²) in [6, 6.07) is 6.03. The van der Waals surface area contributed by atoms with Crippen molar-refractivity contribution >= 4 is 17.4 Å². The Hall–Kier alpha value is -2.56. The molecule has 5 heteroatoms. The maximum absolute atomic E-state index is 13.2. The van der Waals surface area contributed by atoms with Crippen molar-refractivity contribution in [1.29, 1.82) is 0 Å². The Labute approximate surface area is 127 Å². The van der Waals surface area contributed by atoms with Gasteiger partial charge in [-0.1, -0.05) is 31.1 Å². The molecular weight excluding hydrogens is 283 g/mol. The Kier molecular flexibility index (Phi) is 3.48. The number of hydrogen-bond donors (Lipinski definition) is 0. The summed E-state index contributed by atoms with van der Waals surface area (Å²) in [6.07, 6.45) is 0.799. The summed E-state index contributed by atoms with van der Waals surface area (Å²) in [6.45, 7) is 5.71. The molecule has 0 aliphatic rings. The van der Waals surface area contributed by atoms with Crippen LogP contribution in [0.1, 0.15) is 41.5 Å². The maximum Gasteiger partial charge on any atom is 0.258 e. The highest BCUT2D eigenvalue weighted by atomic mass is 19.1. The van der Waals surface area contributed by atoms with Gasteiger partial charge in [0, 0.05) is 11.1 Å². The van der Waals surface area contributed by atoms with Gasteiger partial charge in [0.2, 0.25) is 0 Å². The molecule has 2 aromatic heterocycles. The molecule has 0 bridgehead atoms. The van der Waals surface area contributed by atoms with Gasteiger partial charge in [-0.2, -0.15) is 0 Å². The fourth-order valence-electron chi connectivity index (χ4n) is 2.63. The normalized spacial score (nSPS) is 11.3. The highest BCUT2D eigenvalue weighted by molar-refractivity contribution is 6.03. The van der Waals surface area contributed by atoms with E-state index in [0.717, 1.165) is 11.8 Å². The van der Waals surface area contributed by atoms with Crippen molar-refractivity contribution in [3.05, 3.63) is 47.0 Å². The van der Waals surface area contributed by atoms with Crippen molar-refractivity contribution in [1.82, 2.24) is 10.1 Å². The van der Waals surface area contributed by atoms with Crippen LogP contribution in [0.5, 0.6) is 0 Å². The van der Waals surface area contributed by atoms with E-state index in [2.05, 4.69) is 10.1 Å². The van der Waals surface area contributed by atoms with Crippen molar-refractivity contribution in [3.63, 3.8) is 0 Å². The highest BCUT2D eigenvalue weighted by Crippen LogP contribution is 2.36. The van der Waals surface area contributed by atoms with E-state index in [1.54, 1.807) is 19.1 Å². The molecule has 4 nitrogen and oxygen atoms in total. The van der Waals surface area contributed by atoms with E-state index in [1.807, 2.05) is 13.8 Å². The zero-order chi connectivity index (χ0) is 15.9. The number of fused-ring (bicyclic) bond motifs is 1. The summed E-state index contributed by atoms with van der Waals surface area (Å²) in [5.41, 5.74) is 3.64. The van der Waals surface area contributed by atoms with Gasteiger partial charge in [-0.05, 0) is 30.5 Å². The van der Waals surface area contributed by atoms with Crippen LogP contribution in [-0.4, -0.2) is 16.4 Å². The second-order valence-corrected chi connectivity index (χ2v) is 5.51. The molecule has 2 heterocycles. The minimum atomic E-state index is -0.326. The first-order valence-corrected chi connectivity index (χ1v) is 7.04. The Bertz CT molecular complexity index is 851. The lowest BCUT2D eigenvalue weighted by Crippen LogP contribution is -2.03. The lowest BCUT2D eigenvalue weighted by Gasteiger charge is -2.13. The molecule has 0 radical (unpaired) electrons. The van der Waals surface area contributed by atoms with E-state index in [1.165, 1.54) is 12.1 Å². The molecule has 0 aliphatic carbocycles. The number of halogens is 1. The topological polar surface area (TPSA) is 56.0 Å². The van der Waals surface area contributed by atoms with Crippen molar-refractivity contribution < 1.29 is 13.7 Å². The quantitative estimate of drug-likeness (QED) is 0.677. The summed E-state index contributed by atoms with van der Waals surface area (Å²) < 4.78 is 18.5. The van der Waals surface area contributed by atoms with Crippen LogP contribution in [0.25, 0.3) is 22.2 Å². The first-order valence-electron chi connectivity index (χ1n) is 7.04. The number of aldehydes is 1. The summed E-state index contributed by atoms with van der Waals surface area (Å²) >= 11 is 0. The number of aryl methyl sites for hydroxylation is 1. The Morgan fingerprint density at radius 3 is 2.50 bits per heavy atom. The largest absolute Gasteiger partial charge is 0.336 e. The van der Waals surface area contributed by atoms with E-state index in [0.29, 0.717) is 33.6 Å². The number of rotatable bonds is 3. The number of hydrogen-bond acceptors (Lipinski definition) is 4. The molecular formula is C17H15FN2O2. The Morgan fingerprint density at radius 1 is 1.23 bits per heavy atom. The maximum atomic E-state index is 13.2. The number of carbonyl (C=O) groups is 1. The van der Waals surface area contributed by atoms with E-state index in [4.69, 9.17) is 4.52 Å². The zero-order valence-electron chi connectivity index (χ0n) is 12.6. The molecule has 1 aromatic carbocycles.